The molecular weight excluding hydrogens is 268 g/mol. The van der Waals surface area contributed by atoms with Gasteiger partial charge in [0.2, 0.25) is 0 Å². The zero-order valence-electron chi connectivity index (χ0n) is 10.3. The van der Waals surface area contributed by atoms with Gasteiger partial charge in [0, 0.05) is 11.6 Å². The summed E-state index contributed by atoms with van der Waals surface area (Å²) in [5, 5.41) is 14.6. The number of rotatable bonds is 5. The molecule has 0 spiro atoms. The molecule has 0 atom stereocenters. The molecule has 0 radical (unpaired) electrons. The van der Waals surface area contributed by atoms with Crippen LogP contribution in [0.4, 0.5) is 4.79 Å². The lowest BCUT2D eigenvalue weighted by Gasteiger charge is -2.18. The molecule has 1 fully saturated rings. The third kappa shape index (κ3) is 3.61. The van der Waals surface area contributed by atoms with Crippen LogP contribution in [-0.2, 0) is 10.3 Å². The first-order valence-corrected chi connectivity index (χ1v) is 6.43. The van der Waals surface area contributed by atoms with Gasteiger partial charge >= 0.3 is 12.0 Å². The highest BCUT2D eigenvalue weighted by molar-refractivity contribution is 6.30. The van der Waals surface area contributed by atoms with E-state index in [1.807, 2.05) is 12.1 Å². The number of halogens is 1. The summed E-state index contributed by atoms with van der Waals surface area (Å²) in [6.45, 7) is 0.123. The third-order valence-electron chi connectivity index (χ3n) is 3.12. The summed E-state index contributed by atoms with van der Waals surface area (Å²) in [4.78, 5) is 22.0. The zero-order chi connectivity index (χ0) is 13.9. The fourth-order valence-electron chi connectivity index (χ4n) is 1.92. The molecular formula is C13H15ClN2O3. The summed E-state index contributed by atoms with van der Waals surface area (Å²) in [7, 11) is 0. The van der Waals surface area contributed by atoms with Gasteiger partial charge in [0.25, 0.3) is 0 Å². The van der Waals surface area contributed by atoms with Crippen molar-refractivity contribution in [2.75, 3.05) is 6.54 Å². The van der Waals surface area contributed by atoms with Gasteiger partial charge in [-0.2, -0.15) is 0 Å². The molecule has 0 saturated heterocycles. The van der Waals surface area contributed by atoms with Gasteiger partial charge in [-0.3, -0.25) is 4.79 Å². The SMILES string of the molecule is O=C(O)CCNC(=O)NC1(c2ccc(Cl)cc2)CC1. The van der Waals surface area contributed by atoms with Gasteiger partial charge in [-0.15, -0.1) is 0 Å². The first-order valence-electron chi connectivity index (χ1n) is 6.06. The Morgan fingerprint density at radius 1 is 1.26 bits per heavy atom. The molecule has 1 aromatic rings. The van der Waals surface area contributed by atoms with E-state index in [0.29, 0.717) is 5.02 Å². The highest BCUT2D eigenvalue weighted by Crippen LogP contribution is 2.45. The number of carbonyl (C=O) groups is 2. The number of hydrogen-bond donors (Lipinski definition) is 3. The number of hydrogen-bond acceptors (Lipinski definition) is 2. The smallest absolute Gasteiger partial charge is 0.315 e. The van der Waals surface area contributed by atoms with Crippen LogP contribution >= 0.6 is 11.6 Å². The molecule has 0 bridgehead atoms. The molecule has 1 saturated carbocycles. The number of nitrogens with one attached hydrogen (secondary N) is 2. The van der Waals surface area contributed by atoms with Crippen molar-refractivity contribution < 1.29 is 14.7 Å². The lowest BCUT2D eigenvalue weighted by atomic mass is 10.1. The average Bonchev–Trinajstić information content (AvgIpc) is 3.10. The van der Waals surface area contributed by atoms with E-state index in [0.717, 1.165) is 18.4 Å². The maximum Gasteiger partial charge on any atom is 0.315 e. The van der Waals surface area contributed by atoms with E-state index in [1.165, 1.54) is 0 Å². The van der Waals surface area contributed by atoms with Crippen molar-refractivity contribution in [2.45, 2.75) is 24.8 Å². The Hall–Kier alpha value is -1.75. The van der Waals surface area contributed by atoms with Crippen LogP contribution in [0.25, 0.3) is 0 Å². The van der Waals surface area contributed by atoms with Crippen LogP contribution in [-0.4, -0.2) is 23.7 Å². The average molecular weight is 283 g/mol. The third-order valence-corrected chi connectivity index (χ3v) is 3.38. The topological polar surface area (TPSA) is 78.4 Å². The van der Waals surface area contributed by atoms with Crippen LogP contribution < -0.4 is 10.6 Å². The predicted molar refractivity (Wildman–Crippen MR) is 71.2 cm³/mol. The molecule has 0 aliphatic heterocycles. The van der Waals surface area contributed by atoms with Crippen LogP contribution in [0.15, 0.2) is 24.3 Å². The van der Waals surface area contributed by atoms with Crippen LogP contribution in [0, 0.1) is 0 Å². The molecule has 2 amide bonds. The fourth-order valence-corrected chi connectivity index (χ4v) is 2.05. The summed E-state index contributed by atoms with van der Waals surface area (Å²) >= 11 is 5.83. The number of carbonyl (C=O) groups excluding carboxylic acids is 1. The molecule has 0 heterocycles. The van der Waals surface area contributed by atoms with E-state index < -0.39 is 5.97 Å². The van der Waals surface area contributed by atoms with Crippen LogP contribution in [0.2, 0.25) is 5.02 Å². The maximum atomic E-state index is 11.7. The van der Waals surface area contributed by atoms with Gasteiger partial charge < -0.3 is 15.7 Å². The highest BCUT2D eigenvalue weighted by Gasteiger charge is 2.45. The molecule has 102 valence electrons. The lowest BCUT2D eigenvalue weighted by Crippen LogP contribution is -2.42. The summed E-state index contributed by atoms with van der Waals surface area (Å²) in [5.74, 6) is -0.931. The minimum Gasteiger partial charge on any atom is -0.481 e. The second-order valence-electron chi connectivity index (χ2n) is 4.61. The van der Waals surface area contributed by atoms with Crippen molar-refractivity contribution in [1.82, 2.24) is 10.6 Å². The molecule has 2 rings (SSSR count). The fraction of sp³-hybridized carbons (Fsp3) is 0.385. The number of benzene rings is 1. The summed E-state index contributed by atoms with van der Waals surface area (Å²) in [6, 6.07) is 7.04. The van der Waals surface area contributed by atoms with Gasteiger partial charge in [0.05, 0.1) is 12.0 Å². The Morgan fingerprint density at radius 2 is 1.89 bits per heavy atom. The van der Waals surface area contributed by atoms with Crippen LogP contribution in [0.5, 0.6) is 0 Å². The van der Waals surface area contributed by atoms with E-state index in [9.17, 15) is 9.59 Å². The Labute approximate surface area is 116 Å². The van der Waals surface area contributed by atoms with Crippen molar-refractivity contribution in [3.8, 4) is 0 Å². The van der Waals surface area contributed by atoms with Crippen molar-refractivity contribution in [2.24, 2.45) is 0 Å². The molecule has 0 unspecified atom stereocenters. The second kappa shape index (κ2) is 5.48. The minimum atomic E-state index is -0.931. The first-order chi connectivity index (χ1) is 9.02. The van der Waals surface area contributed by atoms with Crippen molar-refractivity contribution in [3.05, 3.63) is 34.9 Å². The largest absolute Gasteiger partial charge is 0.481 e. The number of aliphatic carboxylic acids is 1. The number of urea groups is 1. The van der Waals surface area contributed by atoms with E-state index in [-0.39, 0.29) is 24.5 Å². The highest BCUT2D eigenvalue weighted by atomic mass is 35.5. The minimum absolute atomic E-state index is 0.0820. The normalized spacial score (nSPS) is 15.6. The maximum absolute atomic E-state index is 11.7. The molecule has 1 aliphatic carbocycles. The number of amides is 2. The second-order valence-corrected chi connectivity index (χ2v) is 5.05. The van der Waals surface area contributed by atoms with Crippen LogP contribution in [0.1, 0.15) is 24.8 Å². The lowest BCUT2D eigenvalue weighted by molar-refractivity contribution is -0.136. The molecule has 19 heavy (non-hydrogen) atoms. The predicted octanol–water partition coefficient (Wildman–Crippen LogP) is 2.10. The molecule has 3 N–H and O–H groups in total. The van der Waals surface area contributed by atoms with Crippen LogP contribution in [0.3, 0.4) is 0 Å². The Balaban J connectivity index is 1.89. The van der Waals surface area contributed by atoms with Gasteiger partial charge in [0.15, 0.2) is 0 Å². The number of carboxylic acid groups (broad SMARTS) is 1. The zero-order valence-corrected chi connectivity index (χ0v) is 11.0. The molecule has 6 heteroatoms. The summed E-state index contributed by atoms with van der Waals surface area (Å²) < 4.78 is 0. The monoisotopic (exact) mass is 282 g/mol. The quantitative estimate of drug-likeness (QED) is 0.774. The summed E-state index contributed by atoms with van der Waals surface area (Å²) in [5.41, 5.74) is 0.697. The first kappa shape index (κ1) is 13.7. The Kier molecular flexibility index (Phi) is 3.95. The van der Waals surface area contributed by atoms with E-state index in [4.69, 9.17) is 16.7 Å². The van der Waals surface area contributed by atoms with E-state index in [1.54, 1.807) is 12.1 Å². The van der Waals surface area contributed by atoms with Gasteiger partial charge in [-0.05, 0) is 30.5 Å². The van der Waals surface area contributed by atoms with Crippen molar-refractivity contribution in [1.29, 1.82) is 0 Å². The van der Waals surface area contributed by atoms with Crippen molar-refractivity contribution in [3.63, 3.8) is 0 Å². The Morgan fingerprint density at radius 3 is 2.42 bits per heavy atom. The molecule has 5 nitrogen and oxygen atoms in total. The molecule has 1 aliphatic rings. The van der Waals surface area contributed by atoms with E-state index >= 15 is 0 Å². The molecule has 1 aromatic carbocycles. The Bertz CT molecular complexity index is 483. The summed E-state index contributed by atoms with van der Waals surface area (Å²) in [6.07, 6.45) is 1.67. The van der Waals surface area contributed by atoms with E-state index in [2.05, 4.69) is 10.6 Å². The number of carboxylic acids is 1. The van der Waals surface area contributed by atoms with Gasteiger partial charge in [-0.1, -0.05) is 23.7 Å². The van der Waals surface area contributed by atoms with Gasteiger partial charge in [0.1, 0.15) is 0 Å². The standard InChI is InChI=1S/C13H15ClN2O3/c14-10-3-1-9(2-4-10)13(6-7-13)16-12(19)15-8-5-11(17)18/h1-4H,5-8H2,(H,17,18)(H2,15,16,19). The molecule has 0 aromatic heterocycles. The van der Waals surface area contributed by atoms with Crippen molar-refractivity contribution >= 4 is 23.6 Å². The van der Waals surface area contributed by atoms with Gasteiger partial charge in [-0.25, -0.2) is 4.79 Å².